The summed E-state index contributed by atoms with van der Waals surface area (Å²) in [6.07, 6.45) is -3.63. The molecule has 2 aliphatic heterocycles. The minimum atomic E-state index is -4.54. The molecule has 35 heavy (non-hydrogen) atoms. The molecule has 0 spiro atoms. The fourth-order valence-corrected chi connectivity index (χ4v) is 4.60. The lowest BCUT2D eigenvalue weighted by atomic mass is 9.95. The fraction of sp³-hybridized carbons (Fsp3) is 0.458. The molecule has 2 saturated heterocycles. The summed E-state index contributed by atoms with van der Waals surface area (Å²) in [7, 11) is 0. The molecule has 8 nitrogen and oxygen atoms in total. The summed E-state index contributed by atoms with van der Waals surface area (Å²) in [5, 5.41) is 14.0. The SMILES string of the molecule is O=C(NCc1ccc(N2CCOCC2)cc1C(F)(F)F)C1CCN(c2ccccc2[N+](=O)[O-])CC1. The number of hydrogen-bond donors (Lipinski definition) is 1. The van der Waals surface area contributed by atoms with Crippen LogP contribution in [0.15, 0.2) is 42.5 Å². The Balaban J connectivity index is 1.38. The van der Waals surface area contributed by atoms with E-state index in [0.29, 0.717) is 63.6 Å². The van der Waals surface area contributed by atoms with Gasteiger partial charge in [-0.3, -0.25) is 14.9 Å². The fourth-order valence-electron chi connectivity index (χ4n) is 4.60. The number of morpholine rings is 1. The molecule has 0 aromatic heterocycles. The Morgan fingerprint density at radius 2 is 1.74 bits per heavy atom. The van der Waals surface area contributed by atoms with Gasteiger partial charge in [-0.1, -0.05) is 18.2 Å². The number of nitrogens with one attached hydrogen (secondary N) is 1. The van der Waals surface area contributed by atoms with Crippen molar-refractivity contribution in [1.29, 1.82) is 0 Å². The van der Waals surface area contributed by atoms with Crippen LogP contribution in [0, 0.1) is 16.0 Å². The van der Waals surface area contributed by atoms with E-state index in [2.05, 4.69) is 5.32 Å². The lowest BCUT2D eigenvalue weighted by Gasteiger charge is -2.32. The predicted octanol–water partition coefficient (Wildman–Crippen LogP) is 3.98. The maximum atomic E-state index is 13.8. The zero-order valence-corrected chi connectivity index (χ0v) is 19.1. The molecule has 0 atom stereocenters. The highest BCUT2D eigenvalue weighted by atomic mass is 19.4. The van der Waals surface area contributed by atoms with E-state index in [1.54, 1.807) is 24.3 Å². The van der Waals surface area contributed by atoms with Crippen molar-refractivity contribution in [3.05, 3.63) is 63.7 Å². The minimum absolute atomic E-state index is 0.00982. The average Bonchev–Trinajstić information content (AvgIpc) is 2.87. The minimum Gasteiger partial charge on any atom is -0.378 e. The predicted molar refractivity (Wildman–Crippen MR) is 124 cm³/mol. The zero-order chi connectivity index (χ0) is 25.0. The molecule has 1 N–H and O–H groups in total. The number of hydrogen-bond acceptors (Lipinski definition) is 6. The Morgan fingerprint density at radius 1 is 1.06 bits per heavy atom. The van der Waals surface area contributed by atoms with Crippen molar-refractivity contribution in [3.63, 3.8) is 0 Å². The van der Waals surface area contributed by atoms with Gasteiger partial charge in [-0.15, -0.1) is 0 Å². The summed E-state index contributed by atoms with van der Waals surface area (Å²) in [5.41, 5.74) is 0.258. The maximum Gasteiger partial charge on any atom is 0.416 e. The van der Waals surface area contributed by atoms with Gasteiger partial charge in [0.15, 0.2) is 0 Å². The number of ether oxygens (including phenoxy) is 1. The zero-order valence-electron chi connectivity index (χ0n) is 19.1. The van der Waals surface area contributed by atoms with Crippen LogP contribution in [-0.4, -0.2) is 50.2 Å². The summed E-state index contributed by atoms with van der Waals surface area (Å²) < 4.78 is 46.5. The second-order valence-corrected chi connectivity index (χ2v) is 8.66. The van der Waals surface area contributed by atoms with Gasteiger partial charge in [0.2, 0.25) is 5.91 Å². The quantitative estimate of drug-likeness (QED) is 0.485. The number of carbonyl (C=O) groups is 1. The Hall–Kier alpha value is -3.34. The van der Waals surface area contributed by atoms with Crippen LogP contribution >= 0.6 is 0 Å². The summed E-state index contributed by atoms with van der Waals surface area (Å²) in [6, 6.07) is 10.7. The van der Waals surface area contributed by atoms with Crippen molar-refractivity contribution >= 4 is 23.0 Å². The van der Waals surface area contributed by atoms with Crippen LogP contribution in [0.2, 0.25) is 0 Å². The van der Waals surface area contributed by atoms with Crippen LogP contribution < -0.4 is 15.1 Å². The first-order chi connectivity index (χ1) is 16.7. The Bertz CT molecular complexity index is 1060. The molecule has 4 rings (SSSR count). The van der Waals surface area contributed by atoms with Crippen molar-refractivity contribution in [2.45, 2.75) is 25.6 Å². The van der Waals surface area contributed by atoms with Crippen molar-refractivity contribution in [2.75, 3.05) is 49.2 Å². The molecule has 11 heteroatoms. The van der Waals surface area contributed by atoms with Gasteiger partial charge in [0, 0.05) is 50.4 Å². The summed E-state index contributed by atoms with van der Waals surface area (Å²) in [4.78, 5) is 27.3. The molecule has 2 aromatic carbocycles. The van der Waals surface area contributed by atoms with Gasteiger partial charge in [0.05, 0.1) is 23.7 Å². The number of piperidine rings is 1. The summed E-state index contributed by atoms with van der Waals surface area (Å²) in [5.74, 6) is -0.673. The summed E-state index contributed by atoms with van der Waals surface area (Å²) >= 11 is 0. The van der Waals surface area contributed by atoms with Crippen molar-refractivity contribution < 1.29 is 27.6 Å². The molecule has 188 valence electrons. The number of nitro groups is 1. The van der Waals surface area contributed by atoms with Gasteiger partial charge >= 0.3 is 6.18 Å². The second-order valence-electron chi connectivity index (χ2n) is 8.66. The van der Waals surface area contributed by atoms with E-state index in [9.17, 15) is 28.1 Å². The Morgan fingerprint density at radius 3 is 2.40 bits per heavy atom. The van der Waals surface area contributed by atoms with Crippen LogP contribution in [-0.2, 0) is 22.3 Å². The van der Waals surface area contributed by atoms with Crippen LogP contribution in [0.5, 0.6) is 0 Å². The van der Waals surface area contributed by atoms with Crippen LogP contribution in [0.1, 0.15) is 24.0 Å². The molecule has 2 fully saturated rings. The molecule has 0 saturated carbocycles. The third kappa shape index (κ3) is 5.84. The third-order valence-corrected chi connectivity index (χ3v) is 6.51. The average molecular weight is 492 g/mol. The molecule has 2 aliphatic rings. The molecule has 2 heterocycles. The third-order valence-electron chi connectivity index (χ3n) is 6.51. The largest absolute Gasteiger partial charge is 0.416 e. The molecular weight excluding hydrogens is 465 g/mol. The maximum absolute atomic E-state index is 13.8. The van der Waals surface area contributed by atoms with E-state index in [1.807, 2.05) is 9.80 Å². The van der Waals surface area contributed by atoms with E-state index in [-0.39, 0.29) is 29.6 Å². The molecule has 0 radical (unpaired) electrons. The number of benzene rings is 2. The highest BCUT2D eigenvalue weighted by Gasteiger charge is 2.35. The molecule has 0 aliphatic carbocycles. The summed E-state index contributed by atoms with van der Waals surface area (Å²) in [6.45, 7) is 2.67. The molecule has 2 aromatic rings. The first kappa shape index (κ1) is 24.8. The molecule has 0 unspecified atom stereocenters. The smallest absolute Gasteiger partial charge is 0.378 e. The number of carbonyl (C=O) groups excluding carboxylic acids is 1. The number of anilines is 2. The standard InChI is InChI=1S/C24H27F3N4O4/c25-24(26,27)20-15-19(29-11-13-35-14-12-29)6-5-18(20)16-28-23(32)17-7-9-30(10-8-17)21-3-1-2-4-22(21)31(33)34/h1-6,15,17H,7-14,16H2,(H,28,32). The number of halogens is 3. The van der Waals surface area contributed by atoms with Gasteiger partial charge in [0.1, 0.15) is 5.69 Å². The van der Waals surface area contributed by atoms with Gasteiger partial charge in [-0.2, -0.15) is 13.2 Å². The van der Waals surface area contributed by atoms with Gasteiger partial charge < -0.3 is 19.9 Å². The molecule has 0 bridgehead atoms. The highest BCUT2D eigenvalue weighted by molar-refractivity contribution is 5.79. The van der Waals surface area contributed by atoms with E-state index >= 15 is 0 Å². The number of rotatable bonds is 6. The number of alkyl halides is 3. The van der Waals surface area contributed by atoms with Gasteiger partial charge in [0.25, 0.3) is 5.69 Å². The Kier molecular flexibility index (Phi) is 7.44. The first-order valence-corrected chi connectivity index (χ1v) is 11.5. The highest BCUT2D eigenvalue weighted by Crippen LogP contribution is 2.35. The van der Waals surface area contributed by atoms with Gasteiger partial charge in [-0.05, 0) is 36.6 Å². The van der Waals surface area contributed by atoms with E-state index in [4.69, 9.17) is 4.74 Å². The van der Waals surface area contributed by atoms with Crippen LogP contribution in [0.25, 0.3) is 0 Å². The number of para-hydroxylation sites is 2. The van der Waals surface area contributed by atoms with Crippen molar-refractivity contribution in [1.82, 2.24) is 5.32 Å². The normalized spacial score (nSPS) is 17.3. The monoisotopic (exact) mass is 492 g/mol. The van der Waals surface area contributed by atoms with E-state index in [1.165, 1.54) is 12.1 Å². The second kappa shape index (κ2) is 10.5. The van der Waals surface area contributed by atoms with Crippen molar-refractivity contribution in [3.8, 4) is 0 Å². The number of nitrogens with zero attached hydrogens (tertiary/aromatic N) is 3. The topological polar surface area (TPSA) is 88.0 Å². The lowest BCUT2D eigenvalue weighted by Crippen LogP contribution is -2.40. The first-order valence-electron chi connectivity index (χ1n) is 11.5. The molecule has 1 amide bonds. The van der Waals surface area contributed by atoms with Gasteiger partial charge in [-0.25, -0.2) is 0 Å². The number of amides is 1. The van der Waals surface area contributed by atoms with E-state index in [0.717, 1.165) is 6.07 Å². The van der Waals surface area contributed by atoms with Crippen LogP contribution in [0.3, 0.4) is 0 Å². The van der Waals surface area contributed by atoms with Crippen molar-refractivity contribution in [2.24, 2.45) is 5.92 Å². The lowest BCUT2D eigenvalue weighted by molar-refractivity contribution is -0.384. The van der Waals surface area contributed by atoms with Crippen LogP contribution in [0.4, 0.5) is 30.2 Å². The Labute approximate surface area is 200 Å². The molecular formula is C24H27F3N4O4. The van der Waals surface area contributed by atoms with E-state index < -0.39 is 16.7 Å². The number of nitro benzene ring substituents is 1.